The monoisotopic (exact) mass is 356 g/mol. The summed E-state index contributed by atoms with van der Waals surface area (Å²) in [5.41, 5.74) is 5.30. The summed E-state index contributed by atoms with van der Waals surface area (Å²) in [6, 6.07) is 8.01. The lowest BCUT2D eigenvalue weighted by Crippen LogP contribution is -2.43. The Kier molecular flexibility index (Phi) is 7.50. The van der Waals surface area contributed by atoms with E-state index in [1.807, 2.05) is 36.7 Å². The smallest absolute Gasteiger partial charge is 0.238 e. The SMILES string of the molecule is C.NNC(=O)Cc1ccc(CCc2cnc(N3CCNCC3)cn2)cc1. The van der Waals surface area contributed by atoms with Crippen LogP contribution < -0.4 is 21.5 Å². The third-order valence-electron chi connectivity index (χ3n) is 4.35. The highest BCUT2D eigenvalue weighted by molar-refractivity contribution is 5.77. The second-order valence-electron chi connectivity index (χ2n) is 6.16. The molecule has 0 radical (unpaired) electrons. The minimum Gasteiger partial charge on any atom is -0.353 e. The summed E-state index contributed by atoms with van der Waals surface area (Å²) in [6.45, 7) is 3.93. The van der Waals surface area contributed by atoms with Gasteiger partial charge in [0.15, 0.2) is 0 Å². The van der Waals surface area contributed by atoms with E-state index >= 15 is 0 Å². The summed E-state index contributed by atoms with van der Waals surface area (Å²) in [6.07, 6.45) is 5.78. The maximum absolute atomic E-state index is 11.3. The van der Waals surface area contributed by atoms with Crippen LogP contribution in [0.25, 0.3) is 0 Å². The average molecular weight is 356 g/mol. The van der Waals surface area contributed by atoms with Crippen molar-refractivity contribution in [3.63, 3.8) is 0 Å². The molecule has 7 heteroatoms. The maximum atomic E-state index is 11.3. The van der Waals surface area contributed by atoms with E-state index in [0.717, 1.165) is 56.1 Å². The molecule has 1 fully saturated rings. The number of nitrogens with one attached hydrogen (secondary N) is 2. The number of anilines is 1. The summed E-state index contributed by atoms with van der Waals surface area (Å²) in [5.74, 6) is 5.87. The van der Waals surface area contributed by atoms with Gasteiger partial charge in [0.25, 0.3) is 0 Å². The zero-order valence-electron chi connectivity index (χ0n) is 14.2. The molecular weight excluding hydrogens is 328 g/mol. The van der Waals surface area contributed by atoms with Crippen LogP contribution in [0.15, 0.2) is 36.7 Å². The minimum absolute atomic E-state index is 0. The molecule has 7 nitrogen and oxygen atoms in total. The fourth-order valence-corrected chi connectivity index (χ4v) is 2.87. The van der Waals surface area contributed by atoms with Crippen LogP contribution in [0.1, 0.15) is 24.2 Å². The van der Waals surface area contributed by atoms with E-state index in [2.05, 4.69) is 25.6 Å². The Labute approximate surface area is 155 Å². The van der Waals surface area contributed by atoms with Crippen molar-refractivity contribution in [3.8, 4) is 0 Å². The van der Waals surface area contributed by atoms with Gasteiger partial charge >= 0.3 is 0 Å². The van der Waals surface area contributed by atoms with E-state index < -0.39 is 0 Å². The zero-order valence-corrected chi connectivity index (χ0v) is 14.2. The van der Waals surface area contributed by atoms with Crippen LogP contribution in [0.4, 0.5) is 5.82 Å². The van der Waals surface area contributed by atoms with Gasteiger partial charge in [0.1, 0.15) is 5.82 Å². The third-order valence-corrected chi connectivity index (χ3v) is 4.35. The van der Waals surface area contributed by atoms with Gasteiger partial charge in [-0.15, -0.1) is 0 Å². The Balaban J connectivity index is 0.00000243. The summed E-state index contributed by atoms with van der Waals surface area (Å²) in [4.78, 5) is 22.6. The maximum Gasteiger partial charge on any atom is 0.238 e. The van der Waals surface area contributed by atoms with Gasteiger partial charge in [-0.3, -0.25) is 15.2 Å². The number of carbonyl (C=O) groups is 1. The number of aromatic nitrogens is 2. The van der Waals surface area contributed by atoms with Crippen LogP contribution >= 0.6 is 0 Å². The minimum atomic E-state index is -0.187. The van der Waals surface area contributed by atoms with Crippen LogP contribution in [-0.4, -0.2) is 42.1 Å². The predicted octanol–water partition coefficient (Wildman–Crippen LogP) is 0.840. The Morgan fingerprint density at radius 2 is 1.77 bits per heavy atom. The standard InChI is InChI=1S/C18H24N6O.CH4/c19-23-18(25)11-15-3-1-14(2-4-15)5-6-16-12-22-17(13-21-16)24-9-7-20-8-10-24;/h1-4,12-13,20H,5-11,19H2,(H,23,25);1H4. The molecule has 2 aromatic rings. The molecule has 1 aromatic heterocycles. The molecule has 1 aliphatic heterocycles. The number of rotatable bonds is 6. The lowest BCUT2D eigenvalue weighted by molar-refractivity contribution is -0.120. The van der Waals surface area contributed by atoms with Crippen molar-refractivity contribution in [1.82, 2.24) is 20.7 Å². The summed E-state index contributed by atoms with van der Waals surface area (Å²) < 4.78 is 0. The molecule has 1 saturated heterocycles. The van der Waals surface area contributed by atoms with Crippen molar-refractivity contribution in [2.24, 2.45) is 5.84 Å². The fraction of sp³-hybridized carbons (Fsp3) is 0.421. The number of nitrogens with zero attached hydrogens (tertiary/aromatic N) is 3. The molecule has 0 spiro atoms. The van der Waals surface area contributed by atoms with Gasteiger partial charge in [-0.1, -0.05) is 31.7 Å². The largest absolute Gasteiger partial charge is 0.353 e. The Morgan fingerprint density at radius 1 is 1.08 bits per heavy atom. The second-order valence-corrected chi connectivity index (χ2v) is 6.16. The molecule has 1 aliphatic rings. The first-order valence-corrected chi connectivity index (χ1v) is 8.58. The number of hydrazine groups is 1. The van der Waals surface area contributed by atoms with Crippen molar-refractivity contribution in [3.05, 3.63) is 53.5 Å². The predicted molar refractivity (Wildman–Crippen MR) is 104 cm³/mol. The fourth-order valence-electron chi connectivity index (χ4n) is 2.87. The number of hydrogen-bond acceptors (Lipinski definition) is 6. The molecule has 3 rings (SSSR count). The van der Waals surface area contributed by atoms with Crippen LogP contribution in [0, 0.1) is 0 Å². The Morgan fingerprint density at radius 3 is 2.38 bits per heavy atom. The molecule has 26 heavy (non-hydrogen) atoms. The Hall–Kier alpha value is -2.51. The van der Waals surface area contributed by atoms with Crippen LogP contribution in [0.5, 0.6) is 0 Å². The molecule has 140 valence electrons. The molecule has 1 aromatic carbocycles. The second kappa shape index (κ2) is 9.84. The molecule has 0 unspecified atom stereocenters. The molecule has 4 N–H and O–H groups in total. The lowest BCUT2D eigenvalue weighted by Gasteiger charge is -2.28. The number of piperazine rings is 1. The van der Waals surface area contributed by atoms with Crippen molar-refractivity contribution in [2.45, 2.75) is 26.7 Å². The summed E-state index contributed by atoms with van der Waals surface area (Å²) >= 11 is 0. The number of aryl methyl sites for hydroxylation is 2. The first-order valence-electron chi connectivity index (χ1n) is 8.58. The van der Waals surface area contributed by atoms with Crippen molar-refractivity contribution < 1.29 is 4.79 Å². The summed E-state index contributed by atoms with van der Waals surface area (Å²) in [7, 11) is 0. The lowest BCUT2D eigenvalue weighted by atomic mass is 10.0. The molecule has 0 bridgehead atoms. The van der Waals surface area contributed by atoms with Gasteiger partial charge in [0, 0.05) is 26.2 Å². The topological polar surface area (TPSA) is 96.2 Å². The number of benzene rings is 1. The molecule has 0 aliphatic carbocycles. The van der Waals surface area contributed by atoms with E-state index in [9.17, 15) is 4.79 Å². The van der Waals surface area contributed by atoms with Crippen molar-refractivity contribution >= 4 is 11.7 Å². The van der Waals surface area contributed by atoms with Gasteiger partial charge < -0.3 is 10.2 Å². The van der Waals surface area contributed by atoms with Gasteiger partial charge in [0.2, 0.25) is 5.91 Å². The highest BCUT2D eigenvalue weighted by Gasteiger charge is 2.11. The molecule has 1 amide bonds. The van der Waals surface area contributed by atoms with Gasteiger partial charge in [-0.2, -0.15) is 0 Å². The van der Waals surface area contributed by atoms with E-state index in [4.69, 9.17) is 5.84 Å². The molecule has 0 saturated carbocycles. The van der Waals surface area contributed by atoms with E-state index in [0.29, 0.717) is 6.42 Å². The number of nitrogens with two attached hydrogens (primary N) is 1. The van der Waals surface area contributed by atoms with Crippen LogP contribution in [0.3, 0.4) is 0 Å². The molecule has 2 heterocycles. The first kappa shape index (κ1) is 19.8. The normalized spacial score (nSPS) is 13.8. The number of amides is 1. The van der Waals surface area contributed by atoms with Crippen LogP contribution in [-0.2, 0) is 24.1 Å². The number of carbonyl (C=O) groups excluding carboxylic acids is 1. The molecular formula is C19H28N6O. The summed E-state index contributed by atoms with van der Waals surface area (Å²) in [5, 5.41) is 3.33. The van der Waals surface area contributed by atoms with E-state index in [1.54, 1.807) is 0 Å². The average Bonchev–Trinajstić information content (AvgIpc) is 2.68. The van der Waals surface area contributed by atoms with Gasteiger partial charge in [-0.05, 0) is 24.0 Å². The van der Waals surface area contributed by atoms with Crippen molar-refractivity contribution in [2.75, 3.05) is 31.1 Å². The first-order chi connectivity index (χ1) is 12.2. The molecule has 0 atom stereocenters. The quantitative estimate of drug-likeness (QED) is 0.403. The van der Waals surface area contributed by atoms with Gasteiger partial charge in [0.05, 0.1) is 24.5 Å². The van der Waals surface area contributed by atoms with Gasteiger partial charge in [-0.25, -0.2) is 10.8 Å². The van der Waals surface area contributed by atoms with Crippen molar-refractivity contribution in [1.29, 1.82) is 0 Å². The zero-order chi connectivity index (χ0) is 17.5. The highest BCUT2D eigenvalue weighted by atomic mass is 16.2. The Bertz CT molecular complexity index is 680. The highest BCUT2D eigenvalue weighted by Crippen LogP contribution is 2.12. The van der Waals surface area contributed by atoms with E-state index in [1.165, 1.54) is 5.56 Å². The van der Waals surface area contributed by atoms with E-state index in [-0.39, 0.29) is 13.3 Å². The third kappa shape index (κ3) is 5.50. The number of hydrogen-bond donors (Lipinski definition) is 3. The van der Waals surface area contributed by atoms with Crippen LogP contribution in [0.2, 0.25) is 0 Å².